The Kier molecular flexibility index (Phi) is 5.95. The molecule has 0 heterocycles. The van der Waals surface area contributed by atoms with Gasteiger partial charge in [-0.3, -0.25) is 0 Å². The van der Waals surface area contributed by atoms with Crippen LogP contribution < -0.4 is 4.74 Å². The summed E-state index contributed by atoms with van der Waals surface area (Å²) in [6, 6.07) is 25.8. The van der Waals surface area contributed by atoms with E-state index < -0.39 is 45.7 Å². The van der Waals surface area contributed by atoms with Gasteiger partial charge in [0.2, 0.25) is 34.8 Å². The highest BCUT2D eigenvalue weighted by molar-refractivity contribution is 7.97. The highest BCUT2D eigenvalue weighted by atomic mass is 32.2. The second kappa shape index (κ2) is 8.81. The van der Waals surface area contributed by atoms with Crippen LogP contribution in [0.3, 0.4) is 0 Å². The van der Waals surface area contributed by atoms with Gasteiger partial charge in [0.15, 0.2) is 14.7 Å². The van der Waals surface area contributed by atoms with E-state index in [1.54, 1.807) is 12.1 Å². The summed E-state index contributed by atoms with van der Waals surface area (Å²) in [6.07, 6.45) is 0. The molecule has 0 aliphatic heterocycles. The number of hydrogen-bond donors (Lipinski definition) is 0. The van der Waals surface area contributed by atoms with Gasteiger partial charge in [-0.25, -0.2) is 13.2 Å². The van der Waals surface area contributed by atoms with Crippen LogP contribution in [0.15, 0.2) is 99.6 Å². The third-order valence-corrected chi connectivity index (χ3v) is 6.64. The summed E-state index contributed by atoms with van der Waals surface area (Å²) in [5, 5.41) is 0. The Bertz CT molecular complexity index is 1130. The van der Waals surface area contributed by atoms with Crippen LogP contribution in [0.25, 0.3) is 0 Å². The third kappa shape index (κ3) is 4.14. The molecule has 0 amide bonds. The van der Waals surface area contributed by atoms with Gasteiger partial charge in [-0.2, -0.15) is 8.78 Å². The minimum absolute atomic E-state index is 0.0587. The number of hydrogen-bond acceptors (Lipinski definition) is 1. The molecule has 0 aromatic heterocycles. The monoisotopic (exact) mass is 445 g/mol. The maximum Gasteiger partial charge on any atom is 0.207 e. The standard InChI is InChI=1S/C24H14F5OS/c25-19-20(26)22(28)24(23(29)21(19)27)30-15-11-13-18(14-12-15)31(16-7-3-1-4-8-16)17-9-5-2-6-10-17/h1-14H/q+1. The van der Waals surface area contributed by atoms with E-state index in [4.69, 9.17) is 4.74 Å². The largest absolute Gasteiger partial charge is 0.451 e. The van der Waals surface area contributed by atoms with Crippen LogP contribution in [0, 0.1) is 29.1 Å². The van der Waals surface area contributed by atoms with E-state index in [0.717, 1.165) is 14.7 Å². The lowest BCUT2D eigenvalue weighted by atomic mass is 10.2. The molecular formula is C24H14F5OS+. The fourth-order valence-corrected chi connectivity index (χ4v) is 5.04. The maximum absolute atomic E-state index is 13.9. The molecule has 0 atom stereocenters. The van der Waals surface area contributed by atoms with Gasteiger partial charge in [0.25, 0.3) is 0 Å². The van der Waals surface area contributed by atoms with E-state index in [0.29, 0.717) is 0 Å². The molecule has 0 aliphatic rings. The SMILES string of the molecule is Fc1c(F)c(F)c(Oc2ccc([S+](c3ccccc3)c3ccccc3)cc2)c(F)c1F. The van der Waals surface area contributed by atoms with Crippen LogP contribution >= 0.6 is 0 Å². The molecule has 0 radical (unpaired) electrons. The first kappa shape index (κ1) is 20.9. The zero-order valence-electron chi connectivity index (χ0n) is 15.8. The summed E-state index contributed by atoms with van der Waals surface area (Å²) in [5.74, 6) is -11.8. The summed E-state index contributed by atoms with van der Waals surface area (Å²) in [7, 11) is -0.462. The van der Waals surface area contributed by atoms with Crippen molar-refractivity contribution in [2.45, 2.75) is 14.7 Å². The Morgan fingerprint density at radius 1 is 0.452 bits per heavy atom. The van der Waals surface area contributed by atoms with Crippen molar-refractivity contribution in [2.24, 2.45) is 0 Å². The molecule has 4 aromatic rings. The highest BCUT2D eigenvalue weighted by Gasteiger charge is 2.29. The Morgan fingerprint density at radius 2 is 0.839 bits per heavy atom. The van der Waals surface area contributed by atoms with Crippen molar-refractivity contribution in [2.75, 3.05) is 0 Å². The van der Waals surface area contributed by atoms with Gasteiger partial charge < -0.3 is 4.74 Å². The lowest BCUT2D eigenvalue weighted by Crippen LogP contribution is -2.05. The molecule has 0 N–H and O–H groups in total. The third-order valence-electron chi connectivity index (χ3n) is 4.41. The maximum atomic E-state index is 13.9. The fraction of sp³-hybridized carbons (Fsp3) is 0. The summed E-state index contributed by atoms with van der Waals surface area (Å²) in [4.78, 5) is 3.01. The number of ether oxygens (including phenoxy) is 1. The predicted octanol–water partition coefficient (Wildman–Crippen LogP) is 7.27. The molecule has 0 aliphatic carbocycles. The van der Waals surface area contributed by atoms with Crippen LogP contribution in [0.1, 0.15) is 0 Å². The molecule has 0 saturated heterocycles. The molecule has 156 valence electrons. The van der Waals surface area contributed by atoms with Crippen LogP contribution in [-0.4, -0.2) is 0 Å². The number of benzene rings is 4. The van der Waals surface area contributed by atoms with E-state index in [9.17, 15) is 22.0 Å². The first-order valence-corrected chi connectivity index (χ1v) is 10.3. The molecule has 0 unspecified atom stereocenters. The van der Waals surface area contributed by atoms with Gasteiger partial charge in [0, 0.05) is 0 Å². The molecule has 0 bridgehead atoms. The van der Waals surface area contributed by atoms with E-state index in [2.05, 4.69) is 0 Å². The summed E-state index contributed by atoms with van der Waals surface area (Å²) in [5.41, 5.74) is 0. The van der Waals surface area contributed by atoms with Crippen molar-refractivity contribution in [3.05, 3.63) is 114 Å². The summed E-state index contributed by atoms with van der Waals surface area (Å²) in [6.45, 7) is 0. The minimum atomic E-state index is -2.23. The number of halogens is 5. The average molecular weight is 445 g/mol. The lowest BCUT2D eigenvalue weighted by Gasteiger charge is -2.11. The van der Waals surface area contributed by atoms with E-state index >= 15 is 0 Å². The highest BCUT2D eigenvalue weighted by Crippen LogP contribution is 2.35. The van der Waals surface area contributed by atoms with Gasteiger partial charge in [-0.05, 0) is 48.5 Å². The van der Waals surface area contributed by atoms with Gasteiger partial charge in [0.05, 0.1) is 10.9 Å². The summed E-state index contributed by atoms with van der Waals surface area (Å²) >= 11 is 0. The van der Waals surface area contributed by atoms with Crippen molar-refractivity contribution in [3.63, 3.8) is 0 Å². The van der Waals surface area contributed by atoms with Crippen LogP contribution in [0.2, 0.25) is 0 Å². The molecule has 0 spiro atoms. The molecule has 4 aromatic carbocycles. The second-order valence-electron chi connectivity index (χ2n) is 6.40. The van der Waals surface area contributed by atoms with Gasteiger partial charge in [-0.15, -0.1) is 0 Å². The average Bonchev–Trinajstić information content (AvgIpc) is 2.82. The molecule has 4 rings (SSSR count). The normalized spacial score (nSPS) is 11.0. The molecular weight excluding hydrogens is 431 g/mol. The molecule has 0 fully saturated rings. The van der Waals surface area contributed by atoms with Gasteiger partial charge >= 0.3 is 0 Å². The predicted molar refractivity (Wildman–Crippen MR) is 108 cm³/mol. The Labute approximate surface area is 178 Å². The van der Waals surface area contributed by atoms with Crippen molar-refractivity contribution in [1.29, 1.82) is 0 Å². The Hall–Kier alpha value is -3.32. The van der Waals surface area contributed by atoms with Gasteiger partial charge in [-0.1, -0.05) is 36.4 Å². The molecule has 31 heavy (non-hydrogen) atoms. The van der Waals surface area contributed by atoms with E-state index in [1.165, 1.54) is 12.1 Å². The van der Waals surface area contributed by atoms with Crippen LogP contribution in [0.5, 0.6) is 11.5 Å². The Morgan fingerprint density at radius 3 is 1.29 bits per heavy atom. The topological polar surface area (TPSA) is 9.23 Å². The van der Waals surface area contributed by atoms with Crippen molar-refractivity contribution < 1.29 is 26.7 Å². The quantitative estimate of drug-likeness (QED) is 0.136. The molecule has 1 nitrogen and oxygen atoms in total. The van der Waals surface area contributed by atoms with E-state index in [-0.39, 0.29) is 5.75 Å². The lowest BCUT2D eigenvalue weighted by molar-refractivity contribution is 0.332. The second-order valence-corrected chi connectivity index (χ2v) is 8.43. The smallest absolute Gasteiger partial charge is 0.207 e. The van der Waals surface area contributed by atoms with Gasteiger partial charge in [0.1, 0.15) is 5.75 Å². The van der Waals surface area contributed by atoms with Crippen LogP contribution in [-0.2, 0) is 10.9 Å². The van der Waals surface area contributed by atoms with E-state index in [1.807, 2.05) is 60.7 Å². The molecule has 0 saturated carbocycles. The van der Waals surface area contributed by atoms with Crippen LogP contribution in [0.4, 0.5) is 22.0 Å². The van der Waals surface area contributed by atoms with Crippen molar-refractivity contribution in [1.82, 2.24) is 0 Å². The first-order chi connectivity index (χ1) is 15.0. The van der Waals surface area contributed by atoms with Crippen molar-refractivity contribution in [3.8, 4) is 11.5 Å². The fourth-order valence-electron chi connectivity index (χ4n) is 2.96. The number of rotatable bonds is 5. The van der Waals surface area contributed by atoms with Crippen molar-refractivity contribution >= 4 is 10.9 Å². The zero-order chi connectivity index (χ0) is 22.0. The Balaban J connectivity index is 1.69. The minimum Gasteiger partial charge on any atom is -0.451 e. The zero-order valence-corrected chi connectivity index (χ0v) is 16.6. The molecule has 7 heteroatoms. The first-order valence-electron chi connectivity index (χ1n) is 9.11. The summed E-state index contributed by atoms with van der Waals surface area (Å²) < 4.78 is 72.8.